The smallest absolute Gasteiger partial charge is 0.211 e. The lowest BCUT2D eigenvalue weighted by molar-refractivity contribution is 0.102. The first-order valence-corrected chi connectivity index (χ1v) is 5.26. The SMILES string of the molecule is Cc1ccc(Cl)cc1C(=O)c1ccnn1C. The van der Waals surface area contributed by atoms with Crippen LogP contribution >= 0.6 is 11.6 Å². The summed E-state index contributed by atoms with van der Waals surface area (Å²) in [5.41, 5.74) is 2.09. The van der Waals surface area contributed by atoms with Crippen LogP contribution in [0, 0.1) is 6.92 Å². The molecule has 0 aliphatic heterocycles. The number of carbonyl (C=O) groups excluding carboxylic acids is 1. The lowest BCUT2D eigenvalue weighted by Crippen LogP contribution is -2.09. The number of carbonyl (C=O) groups is 1. The highest BCUT2D eigenvalue weighted by atomic mass is 35.5. The van der Waals surface area contributed by atoms with Gasteiger partial charge in [0.2, 0.25) is 5.78 Å². The summed E-state index contributed by atoms with van der Waals surface area (Å²) in [5.74, 6) is -0.0556. The van der Waals surface area contributed by atoms with Gasteiger partial charge in [-0.15, -0.1) is 0 Å². The topological polar surface area (TPSA) is 34.9 Å². The highest BCUT2D eigenvalue weighted by Gasteiger charge is 2.15. The second-order valence-electron chi connectivity index (χ2n) is 3.63. The molecule has 3 nitrogen and oxygen atoms in total. The van der Waals surface area contributed by atoms with Crippen molar-refractivity contribution in [2.45, 2.75) is 6.92 Å². The van der Waals surface area contributed by atoms with E-state index < -0.39 is 0 Å². The molecule has 16 heavy (non-hydrogen) atoms. The van der Waals surface area contributed by atoms with Gasteiger partial charge in [-0.05, 0) is 30.7 Å². The number of hydrogen-bond donors (Lipinski definition) is 0. The molecule has 4 heteroatoms. The normalized spacial score (nSPS) is 10.4. The third-order valence-electron chi connectivity index (χ3n) is 2.50. The zero-order valence-electron chi connectivity index (χ0n) is 9.07. The van der Waals surface area contributed by atoms with Crippen LogP contribution < -0.4 is 0 Å². The van der Waals surface area contributed by atoms with Crippen molar-refractivity contribution in [1.82, 2.24) is 9.78 Å². The molecule has 0 aliphatic rings. The van der Waals surface area contributed by atoms with Gasteiger partial charge in [0.25, 0.3) is 0 Å². The van der Waals surface area contributed by atoms with Crippen LogP contribution in [0.25, 0.3) is 0 Å². The van der Waals surface area contributed by atoms with Crippen molar-refractivity contribution in [1.29, 1.82) is 0 Å². The quantitative estimate of drug-likeness (QED) is 0.749. The second-order valence-corrected chi connectivity index (χ2v) is 4.06. The Balaban J connectivity index is 2.49. The molecular formula is C12H11ClN2O. The monoisotopic (exact) mass is 234 g/mol. The summed E-state index contributed by atoms with van der Waals surface area (Å²) in [4.78, 5) is 12.2. The van der Waals surface area contributed by atoms with E-state index in [1.54, 1.807) is 36.1 Å². The number of ketones is 1. The molecule has 0 saturated heterocycles. The summed E-state index contributed by atoms with van der Waals surface area (Å²) in [6.07, 6.45) is 1.60. The number of aryl methyl sites for hydroxylation is 2. The molecule has 0 N–H and O–H groups in total. The lowest BCUT2D eigenvalue weighted by atomic mass is 10.0. The standard InChI is InChI=1S/C12H11ClN2O/c1-8-3-4-9(13)7-10(8)12(16)11-5-6-14-15(11)2/h3-7H,1-2H3. The van der Waals surface area contributed by atoms with Gasteiger partial charge in [-0.1, -0.05) is 17.7 Å². The van der Waals surface area contributed by atoms with Crippen molar-refractivity contribution < 1.29 is 4.79 Å². The Morgan fingerprint density at radius 3 is 2.75 bits per heavy atom. The first kappa shape index (κ1) is 10.9. The van der Waals surface area contributed by atoms with E-state index in [1.807, 2.05) is 13.0 Å². The minimum Gasteiger partial charge on any atom is -0.287 e. The maximum absolute atomic E-state index is 12.2. The van der Waals surface area contributed by atoms with Gasteiger partial charge in [0.05, 0.1) is 0 Å². The van der Waals surface area contributed by atoms with Crippen molar-refractivity contribution >= 4 is 17.4 Å². The fourth-order valence-corrected chi connectivity index (χ4v) is 1.75. The first-order valence-electron chi connectivity index (χ1n) is 4.88. The summed E-state index contributed by atoms with van der Waals surface area (Å²) in [5, 5.41) is 4.54. The highest BCUT2D eigenvalue weighted by molar-refractivity contribution is 6.31. The van der Waals surface area contributed by atoms with Crippen LogP contribution in [-0.2, 0) is 7.05 Å². The van der Waals surface area contributed by atoms with Gasteiger partial charge in [0.15, 0.2) is 0 Å². The van der Waals surface area contributed by atoms with Gasteiger partial charge in [-0.25, -0.2) is 0 Å². The average molecular weight is 235 g/mol. The van der Waals surface area contributed by atoms with E-state index in [1.165, 1.54) is 0 Å². The summed E-state index contributed by atoms with van der Waals surface area (Å²) in [7, 11) is 1.74. The van der Waals surface area contributed by atoms with E-state index in [4.69, 9.17) is 11.6 Å². The van der Waals surface area contributed by atoms with Crippen LogP contribution in [0.3, 0.4) is 0 Å². The Morgan fingerprint density at radius 1 is 1.38 bits per heavy atom. The molecule has 0 atom stereocenters. The molecule has 0 fully saturated rings. The van der Waals surface area contributed by atoms with E-state index in [0.29, 0.717) is 16.3 Å². The van der Waals surface area contributed by atoms with Crippen LogP contribution in [0.15, 0.2) is 30.5 Å². The Kier molecular flexibility index (Phi) is 2.79. The van der Waals surface area contributed by atoms with Crippen molar-refractivity contribution in [3.63, 3.8) is 0 Å². The van der Waals surface area contributed by atoms with Crippen LogP contribution in [0.2, 0.25) is 5.02 Å². The molecule has 82 valence electrons. The van der Waals surface area contributed by atoms with Crippen LogP contribution in [0.5, 0.6) is 0 Å². The minimum absolute atomic E-state index is 0.0556. The summed E-state index contributed by atoms with van der Waals surface area (Å²) in [6, 6.07) is 7.00. The molecule has 0 saturated carbocycles. The molecule has 0 radical (unpaired) electrons. The fourth-order valence-electron chi connectivity index (χ4n) is 1.57. The molecule has 1 aromatic heterocycles. The van der Waals surface area contributed by atoms with Crippen LogP contribution in [0.1, 0.15) is 21.6 Å². The zero-order valence-corrected chi connectivity index (χ0v) is 9.82. The first-order chi connectivity index (χ1) is 7.59. The number of halogens is 1. The zero-order chi connectivity index (χ0) is 11.7. The van der Waals surface area contributed by atoms with Crippen molar-refractivity contribution in [2.24, 2.45) is 7.05 Å². The summed E-state index contributed by atoms with van der Waals surface area (Å²) in [6.45, 7) is 1.89. The van der Waals surface area contributed by atoms with Gasteiger partial charge < -0.3 is 0 Å². The molecule has 0 spiro atoms. The van der Waals surface area contributed by atoms with Crippen molar-refractivity contribution in [2.75, 3.05) is 0 Å². The third-order valence-corrected chi connectivity index (χ3v) is 2.73. The average Bonchev–Trinajstić information content (AvgIpc) is 2.67. The molecule has 1 heterocycles. The largest absolute Gasteiger partial charge is 0.287 e. The van der Waals surface area contributed by atoms with E-state index in [2.05, 4.69) is 5.10 Å². The predicted molar refractivity (Wildman–Crippen MR) is 62.8 cm³/mol. The summed E-state index contributed by atoms with van der Waals surface area (Å²) < 4.78 is 1.56. The number of benzene rings is 1. The lowest BCUT2D eigenvalue weighted by Gasteiger charge is -2.05. The number of hydrogen-bond acceptors (Lipinski definition) is 2. The van der Waals surface area contributed by atoms with Crippen molar-refractivity contribution in [3.8, 4) is 0 Å². The van der Waals surface area contributed by atoms with E-state index >= 15 is 0 Å². The van der Waals surface area contributed by atoms with Gasteiger partial charge in [-0.2, -0.15) is 5.10 Å². The van der Waals surface area contributed by atoms with E-state index in [9.17, 15) is 4.79 Å². The molecule has 0 unspecified atom stereocenters. The van der Waals surface area contributed by atoms with Gasteiger partial charge >= 0.3 is 0 Å². The van der Waals surface area contributed by atoms with E-state index in [-0.39, 0.29) is 5.78 Å². The minimum atomic E-state index is -0.0556. The summed E-state index contributed by atoms with van der Waals surface area (Å²) >= 11 is 5.89. The van der Waals surface area contributed by atoms with Gasteiger partial charge in [0.1, 0.15) is 5.69 Å². The van der Waals surface area contributed by atoms with Crippen LogP contribution in [0.4, 0.5) is 0 Å². The molecule has 0 aliphatic carbocycles. The fraction of sp³-hybridized carbons (Fsp3) is 0.167. The molecule has 0 bridgehead atoms. The molecule has 2 rings (SSSR count). The number of nitrogens with zero attached hydrogens (tertiary/aromatic N) is 2. The van der Waals surface area contributed by atoms with Crippen LogP contribution in [-0.4, -0.2) is 15.6 Å². The third kappa shape index (κ3) is 1.86. The highest BCUT2D eigenvalue weighted by Crippen LogP contribution is 2.18. The Labute approximate surface area is 98.7 Å². The second kappa shape index (κ2) is 4.10. The molecule has 2 aromatic rings. The molecule has 0 amide bonds. The molecule has 1 aromatic carbocycles. The Hall–Kier alpha value is -1.61. The number of aromatic nitrogens is 2. The number of rotatable bonds is 2. The van der Waals surface area contributed by atoms with Gasteiger partial charge in [0, 0.05) is 23.8 Å². The Morgan fingerprint density at radius 2 is 2.12 bits per heavy atom. The van der Waals surface area contributed by atoms with E-state index in [0.717, 1.165) is 5.56 Å². The Bertz CT molecular complexity index is 546. The maximum Gasteiger partial charge on any atom is 0.211 e. The molecular weight excluding hydrogens is 224 g/mol. The van der Waals surface area contributed by atoms with Gasteiger partial charge in [-0.3, -0.25) is 9.48 Å². The van der Waals surface area contributed by atoms with Crippen molar-refractivity contribution in [3.05, 3.63) is 52.3 Å². The maximum atomic E-state index is 12.2. The predicted octanol–water partition coefficient (Wildman–Crippen LogP) is 2.61.